The Morgan fingerprint density at radius 2 is 1.87 bits per heavy atom. The zero-order valence-electron chi connectivity index (χ0n) is 10.9. The van der Waals surface area contributed by atoms with Gasteiger partial charge in [0.05, 0.1) is 0 Å². The lowest BCUT2D eigenvalue weighted by molar-refractivity contribution is -0.123. The van der Waals surface area contributed by atoms with Gasteiger partial charge in [-0.2, -0.15) is 0 Å². The summed E-state index contributed by atoms with van der Waals surface area (Å²) in [5.41, 5.74) is 0.742. The minimum atomic E-state index is -0.473. The molecule has 0 aromatic heterocycles. The molecule has 0 aliphatic heterocycles. The van der Waals surface area contributed by atoms with Crippen molar-refractivity contribution in [2.45, 2.75) is 34.1 Å². The van der Waals surface area contributed by atoms with Gasteiger partial charge >= 0.3 is 0 Å². The topological polar surface area (TPSA) is 17.1 Å². The Hall–Kier alpha value is -1.11. The molecular formula is C14H20O. The number of rotatable bonds is 3. The summed E-state index contributed by atoms with van der Waals surface area (Å²) in [5, 5.41) is 0. The first-order chi connectivity index (χ1) is 7.34. The van der Waals surface area contributed by atoms with Crippen molar-refractivity contribution in [1.82, 2.24) is 0 Å². The van der Waals surface area contributed by atoms with Crippen LogP contribution in [0, 0.1) is 11.3 Å². The van der Waals surface area contributed by atoms with E-state index in [9.17, 15) is 4.79 Å². The second kappa shape index (κ2) is 4.61. The molecule has 0 saturated carbocycles. The van der Waals surface area contributed by atoms with Crippen LogP contribution >= 0.6 is 0 Å². The monoisotopic (exact) mass is 205 g/mol. The summed E-state index contributed by atoms with van der Waals surface area (Å²) in [4.78, 5) is 11.7. The lowest BCUT2D eigenvalue weighted by atomic mass is 9.75. The van der Waals surface area contributed by atoms with E-state index in [4.69, 9.17) is 1.37 Å². The highest BCUT2D eigenvalue weighted by Crippen LogP contribution is 2.29. The molecule has 82 valence electrons. The third-order valence-electron chi connectivity index (χ3n) is 2.53. The van der Waals surface area contributed by atoms with Crippen molar-refractivity contribution in [3.63, 3.8) is 0 Å². The van der Waals surface area contributed by atoms with E-state index in [0.29, 0.717) is 0 Å². The fourth-order valence-electron chi connectivity index (χ4n) is 1.73. The van der Waals surface area contributed by atoms with Crippen LogP contribution in [0.25, 0.3) is 0 Å². The van der Waals surface area contributed by atoms with Crippen molar-refractivity contribution in [2.75, 3.05) is 0 Å². The van der Waals surface area contributed by atoms with Gasteiger partial charge in [-0.1, -0.05) is 51.1 Å². The van der Waals surface area contributed by atoms with Gasteiger partial charge in [0.1, 0.15) is 5.78 Å². The first-order valence-electron chi connectivity index (χ1n) is 5.89. The number of benzene rings is 1. The molecule has 1 aromatic carbocycles. The van der Waals surface area contributed by atoms with Gasteiger partial charge in [0.25, 0.3) is 0 Å². The summed E-state index contributed by atoms with van der Waals surface area (Å²) in [6.45, 7) is 7.64. The molecule has 15 heavy (non-hydrogen) atoms. The second-order valence-electron chi connectivity index (χ2n) is 5.03. The molecule has 0 aliphatic carbocycles. The number of carbonyl (C=O) groups is 1. The quantitative estimate of drug-likeness (QED) is 0.738. The Morgan fingerprint density at radius 1 is 1.33 bits per heavy atom. The Morgan fingerprint density at radius 3 is 2.27 bits per heavy atom. The molecule has 0 saturated heterocycles. The lowest BCUT2D eigenvalue weighted by Gasteiger charge is -2.28. The summed E-state index contributed by atoms with van der Waals surface area (Å²) in [5.74, 6) is -0.161. The van der Waals surface area contributed by atoms with E-state index in [2.05, 4.69) is 0 Å². The molecule has 1 rings (SSSR count). The predicted molar refractivity (Wildman–Crippen MR) is 63.8 cm³/mol. The zero-order valence-corrected chi connectivity index (χ0v) is 9.95. The van der Waals surface area contributed by atoms with E-state index in [1.54, 1.807) is 6.92 Å². The van der Waals surface area contributed by atoms with Crippen molar-refractivity contribution in [3.05, 3.63) is 35.9 Å². The SMILES string of the molecule is [2H][C@@H](c1ccccc1)[C@@H](C(C)=O)C(C)(C)C. The smallest absolute Gasteiger partial charge is 0.133 e. The minimum Gasteiger partial charge on any atom is -0.300 e. The molecule has 0 amide bonds. The summed E-state index contributed by atoms with van der Waals surface area (Å²) < 4.78 is 8.24. The van der Waals surface area contributed by atoms with E-state index in [0.717, 1.165) is 5.56 Å². The molecule has 0 fully saturated rings. The molecule has 0 bridgehead atoms. The number of hydrogen-bond donors (Lipinski definition) is 0. The first-order valence-corrected chi connectivity index (χ1v) is 5.31. The van der Waals surface area contributed by atoms with Crippen LogP contribution < -0.4 is 0 Å². The zero-order chi connectivity index (χ0) is 12.3. The maximum absolute atomic E-state index is 11.7. The van der Waals surface area contributed by atoms with Gasteiger partial charge in [-0.05, 0) is 24.3 Å². The lowest BCUT2D eigenvalue weighted by Crippen LogP contribution is -2.28. The molecular weight excluding hydrogens is 184 g/mol. The number of hydrogen-bond acceptors (Lipinski definition) is 1. The van der Waals surface area contributed by atoms with Crippen LogP contribution in [0.5, 0.6) is 0 Å². The van der Waals surface area contributed by atoms with Gasteiger partial charge in [-0.15, -0.1) is 0 Å². The van der Waals surface area contributed by atoms with Crippen molar-refractivity contribution >= 4 is 5.78 Å². The normalized spacial score (nSPS) is 16.7. The van der Waals surface area contributed by atoms with Gasteiger partial charge in [-0.25, -0.2) is 0 Å². The Bertz CT molecular complexity index is 351. The maximum atomic E-state index is 11.7. The fourth-order valence-corrected chi connectivity index (χ4v) is 1.73. The van der Waals surface area contributed by atoms with E-state index in [-0.39, 0.29) is 17.1 Å². The van der Waals surface area contributed by atoms with Crippen molar-refractivity contribution < 1.29 is 6.17 Å². The molecule has 2 atom stereocenters. The average molecular weight is 205 g/mol. The molecule has 0 spiro atoms. The Balaban J connectivity index is 3.02. The van der Waals surface area contributed by atoms with Crippen LogP contribution in [0.1, 0.15) is 34.6 Å². The number of ketones is 1. The van der Waals surface area contributed by atoms with Crippen LogP contribution in [0.15, 0.2) is 30.3 Å². The van der Waals surface area contributed by atoms with Crippen LogP contribution in [0.3, 0.4) is 0 Å². The van der Waals surface area contributed by atoms with E-state index < -0.39 is 6.40 Å². The maximum Gasteiger partial charge on any atom is 0.133 e. The minimum absolute atomic E-state index is 0.0938. The summed E-state index contributed by atoms with van der Waals surface area (Å²) in [6, 6.07) is 9.59. The van der Waals surface area contributed by atoms with E-state index in [1.807, 2.05) is 51.1 Å². The third-order valence-corrected chi connectivity index (χ3v) is 2.53. The summed E-state index contributed by atoms with van der Waals surface area (Å²) in [7, 11) is 0. The van der Waals surface area contributed by atoms with Crippen molar-refractivity contribution in [3.8, 4) is 0 Å². The van der Waals surface area contributed by atoms with Crippen LogP contribution in [0.2, 0.25) is 0 Å². The molecule has 0 radical (unpaired) electrons. The summed E-state index contributed by atoms with van der Waals surface area (Å²) in [6.07, 6.45) is -0.473. The van der Waals surface area contributed by atoms with Crippen LogP contribution in [0.4, 0.5) is 0 Å². The highest BCUT2D eigenvalue weighted by Gasteiger charge is 2.28. The average Bonchev–Trinajstić information content (AvgIpc) is 2.16. The van der Waals surface area contributed by atoms with Gasteiger partial charge in [0.15, 0.2) is 0 Å². The van der Waals surface area contributed by atoms with Crippen molar-refractivity contribution in [1.29, 1.82) is 0 Å². The molecule has 1 nitrogen and oxygen atoms in total. The van der Waals surface area contributed by atoms with E-state index in [1.165, 1.54) is 0 Å². The van der Waals surface area contributed by atoms with Gasteiger partial charge in [-0.3, -0.25) is 4.79 Å². The molecule has 1 heteroatoms. The summed E-state index contributed by atoms with van der Waals surface area (Å²) >= 11 is 0. The van der Waals surface area contributed by atoms with Gasteiger partial charge in [0, 0.05) is 7.29 Å². The molecule has 0 unspecified atom stereocenters. The number of Topliss-reactive ketones (excluding diaryl/α,β-unsaturated/α-hetero) is 1. The fraction of sp³-hybridized carbons (Fsp3) is 0.500. The molecule has 0 aliphatic rings. The Kier molecular flexibility index (Phi) is 3.20. The molecule has 1 aromatic rings. The molecule has 0 heterocycles. The molecule has 0 N–H and O–H groups in total. The highest BCUT2D eigenvalue weighted by molar-refractivity contribution is 5.79. The van der Waals surface area contributed by atoms with Crippen LogP contribution in [-0.4, -0.2) is 5.78 Å². The van der Waals surface area contributed by atoms with E-state index >= 15 is 0 Å². The Labute approximate surface area is 93.9 Å². The third kappa shape index (κ3) is 3.50. The van der Waals surface area contributed by atoms with Crippen molar-refractivity contribution in [2.24, 2.45) is 11.3 Å². The van der Waals surface area contributed by atoms with Gasteiger partial charge in [0.2, 0.25) is 0 Å². The second-order valence-corrected chi connectivity index (χ2v) is 5.03. The van der Waals surface area contributed by atoms with Crippen LogP contribution in [-0.2, 0) is 11.2 Å². The number of carbonyl (C=O) groups excluding carboxylic acids is 1. The standard InChI is InChI=1S/C14H20O/c1-11(15)13(14(2,3)4)10-12-8-6-5-7-9-12/h5-9,13H,10H2,1-4H3/t13-/m0/s1/i10D/t10-,13-. The largest absolute Gasteiger partial charge is 0.300 e. The highest BCUT2D eigenvalue weighted by atomic mass is 16.1. The predicted octanol–water partition coefficient (Wildman–Crippen LogP) is 3.48. The first kappa shape index (κ1) is 10.4. The van der Waals surface area contributed by atoms with Gasteiger partial charge < -0.3 is 0 Å².